The first-order valence-corrected chi connectivity index (χ1v) is 6.96. The smallest absolute Gasteiger partial charge is 0.156 e. The fourth-order valence-corrected chi connectivity index (χ4v) is 2.80. The van der Waals surface area contributed by atoms with E-state index in [0.717, 1.165) is 16.5 Å². The Morgan fingerprint density at radius 2 is 1.68 bits per heavy atom. The van der Waals surface area contributed by atoms with Crippen LogP contribution in [0.5, 0.6) is 5.75 Å². The van der Waals surface area contributed by atoms with E-state index in [1.54, 1.807) is 6.07 Å². The molecule has 1 aromatic heterocycles. The van der Waals surface area contributed by atoms with Gasteiger partial charge in [-0.3, -0.25) is 4.79 Å². The third-order valence-corrected chi connectivity index (χ3v) is 3.89. The summed E-state index contributed by atoms with van der Waals surface area (Å²) in [6, 6.07) is 13.1. The molecule has 4 heteroatoms. The number of aryl methyl sites for hydroxylation is 1. The fourth-order valence-electron chi connectivity index (χ4n) is 2.80. The number of rotatable bonds is 1. The molecule has 0 bridgehead atoms. The normalized spacial score (nSPS) is 11.3. The summed E-state index contributed by atoms with van der Waals surface area (Å²) in [5.74, 6) is -0.0427. The summed E-state index contributed by atoms with van der Waals surface area (Å²) in [5.41, 5.74) is 3.83. The van der Waals surface area contributed by atoms with Gasteiger partial charge >= 0.3 is 0 Å². The molecule has 0 aliphatic rings. The molecule has 1 heterocycles. The van der Waals surface area contributed by atoms with Crippen molar-refractivity contribution in [2.24, 2.45) is 0 Å². The van der Waals surface area contributed by atoms with Crippen LogP contribution in [0.2, 0.25) is 0 Å². The molecule has 0 aliphatic carbocycles. The minimum absolute atomic E-state index is 0.0427. The van der Waals surface area contributed by atoms with Crippen LogP contribution in [0.4, 0.5) is 0 Å². The molecule has 0 saturated carbocycles. The number of nitrogens with zero attached hydrogens (tertiary/aromatic N) is 2. The Kier molecular flexibility index (Phi) is 2.60. The van der Waals surface area contributed by atoms with Crippen molar-refractivity contribution in [3.63, 3.8) is 0 Å². The molecular formula is C18H12N2O2. The van der Waals surface area contributed by atoms with Gasteiger partial charge in [0.15, 0.2) is 6.29 Å². The summed E-state index contributed by atoms with van der Waals surface area (Å²) in [4.78, 5) is 20.7. The molecule has 0 spiro atoms. The van der Waals surface area contributed by atoms with Crippen LogP contribution in [0, 0.1) is 6.92 Å². The van der Waals surface area contributed by atoms with Crippen LogP contribution in [-0.4, -0.2) is 21.4 Å². The maximum absolute atomic E-state index is 11.4. The number of carbonyl (C=O) groups is 1. The van der Waals surface area contributed by atoms with E-state index < -0.39 is 0 Å². The molecule has 3 aromatic carbocycles. The lowest BCUT2D eigenvalue weighted by Gasteiger charge is -2.10. The quantitative estimate of drug-likeness (QED) is 0.329. The third-order valence-electron chi connectivity index (χ3n) is 3.89. The zero-order chi connectivity index (χ0) is 15.3. The SMILES string of the molecule is Cc1ccc2nc3c(C=O)c(O)c4ccccc4c3nc2c1. The molecule has 0 saturated heterocycles. The Labute approximate surface area is 126 Å². The molecule has 4 rings (SSSR count). The summed E-state index contributed by atoms with van der Waals surface area (Å²) < 4.78 is 0. The Morgan fingerprint density at radius 3 is 2.45 bits per heavy atom. The lowest BCUT2D eigenvalue weighted by Crippen LogP contribution is -1.95. The van der Waals surface area contributed by atoms with Crippen LogP contribution in [0.15, 0.2) is 42.5 Å². The van der Waals surface area contributed by atoms with E-state index >= 15 is 0 Å². The highest BCUT2D eigenvalue weighted by molar-refractivity contribution is 6.15. The second kappa shape index (κ2) is 4.49. The van der Waals surface area contributed by atoms with Gasteiger partial charge in [0.25, 0.3) is 0 Å². The van der Waals surface area contributed by atoms with Gasteiger partial charge in [-0.25, -0.2) is 9.97 Å². The van der Waals surface area contributed by atoms with E-state index in [2.05, 4.69) is 9.97 Å². The predicted octanol–water partition coefficient (Wildman–Crippen LogP) is 3.76. The second-order valence-electron chi connectivity index (χ2n) is 5.34. The Bertz CT molecular complexity index is 1070. The van der Waals surface area contributed by atoms with Crippen LogP contribution in [0.25, 0.3) is 32.8 Å². The van der Waals surface area contributed by atoms with Crippen molar-refractivity contribution in [3.05, 3.63) is 53.6 Å². The lowest BCUT2D eigenvalue weighted by atomic mass is 10.0. The number of hydrogen-bond acceptors (Lipinski definition) is 4. The van der Waals surface area contributed by atoms with Crippen LogP contribution in [-0.2, 0) is 0 Å². The molecule has 1 N–H and O–H groups in total. The lowest BCUT2D eigenvalue weighted by molar-refractivity contribution is 0.112. The zero-order valence-electron chi connectivity index (χ0n) is 11.9. The predicted molar refractivity (Wildman–Crippen MR) is 86.3 cm³/mol. The number of benzene rings is 3. The van der Waals surface area contributed by atoms with Gasteiger partial charge in [0.2, 0.25) is 0 Å². The molecule has 0 amide bonds. The summed E-state index contributed by atoms with van der Waals surface area (Å²) in [6.07, 6.45) is 0.638. The highest BCUT2D eigenvalue weighted by Crippen LogP contribution is 2.35. The van der Waals surface area contributed by atoms with E-state index in [9.17, 15) is 9.90 Å². The van der Waals surface area contributed by atoms with Crippen molar-refractivity contribution in [1.82, 2.24) is 9.97 Å². The molecule has 106 valence electrons. The molecule has 0 atom stereocenters. The van der Waals surface area contributed by atoms with Crippen molar-refractivity contribution in [3.8, 4) is 5.75 Å². The number of phenolic OH excluding ortho intramolecular Hbond substituents is 1. The first kappa shape index (κ1) is 12.7. The topological polar surface area (TPSA) is 63.1 Å². The van der Waals surface area contributed by atoms with Gasteiger partial charge in [-0.15, -0.1) is 0 Å². The van der Waals surface area contributed by atoms with Crippen molar-refractivity contribution < 1.29 is 9.90 Å². The van der Waals surface area contributed by atoms with E-state index in [4.69, 9.17) is 0 Å². The molecule has 0 fully saturated rings. The highest BCUT2D eigenvalue weighted by atomic mass is 16.3. The first-order valence-electron chi connectivity index (χ1n) is 6.96. The largest absolute Gasteiger partial charge is 0.506 e. The number of aldehydes is 1. The Hall–Kier alpha value is -3.01. The number of phenols is 1. The summed E-state index contributed by atoms with van der Waals surface area (Å²) in [6.45, 7) is 2.00. The average molecular weight is 288 g/mol. The van der Waals surface area contributed by atoms with Gasteiger partial charge in [0.05, 0.1) is 22.1 Å². The number of carbonyl (C=O) groups excluding carboxylic acids is 1. The minimum Gasteiger partial charge on any atom is -0.506 e. The second-order valence-corrected chi connectivity index (χ2v) is 5.34. The maximum atomic E-state index is 11.4. The van der Waals surface area contributed by atoms with Crippen molar-refractivity contribution >= 4 is 39.1 Å². The molecule has 0 unspecified atom stereocenters. The maximum Gasteiger partial charge on any atom is 0.156 e. The van der Waals surface area contributed by atoms with Gasteiger partial charge < -0.3 is 5.11 Å². The Balaban J connectivity index is 2.32. The Morgan fingerprint density at radius 1 is 0.955 bits per heavy atom. The molecular weight excluding hydrogens is 276 g/mol. The number of aromatic hydroxyl groups is 1. The van der Waals surface area contributed by atoms with Crippen LogP contribution >= 0.6 is 0 Å². The minimum atomic E-state index is -0.0427. The molecule has 0 radical (unpaired) electrons. The molecule has 0 aliphatic heterocycles. The monoisotopic (exact) mass is 288 g/mol. The van der Waals surface area contributed by atoms with Crippen LogP contribution in [0.3, 0.4) is 0 Å². The van der Waals surface area contributed by atoms with Crippen molar-refractivity contribution in [2.75, 3.05) is 0 Å². The van der Waals surface area contributed by atoms with E-state index in [-0.39, 0.29) is 11.3 Å². The summed E-state index contributed by atoms with van der Waals surface area (Å²) in [5, 5.41) is 11.8. The van der Waals surface area contributed by atoms with Gasteiger partial charge in [-0.2, -0.15) is 0 Å². The standard InChI is InChI=1S/C18H12N2O2/c1-10-6-7-14-15(8-10)20-16-11-4-2-3-5-12(11)18(22)13(9-21)17(16)19-14/h2-9,22H,1H3. The molecule has 22 heavy (non-hydrogen) atoms. The van der Waals surface area contributed by atoms with Gasteiger partial charge in [-0.05, 0) is 24.6 Å². The summed E-state index contributed by atoms with van der Waals surface area (Å²) in [7, 11) is 0. The molecule has 4 aromatic rings. The van der Waals surface area contributed by atoms with Gasteiger partial charge in [0, 0.05) is 10.8 Å². The third kappa shape index (κ3) is 1.67. The van der Waals surface area contributed by atoms with Crippen LogP contribution in [0.1, 0.15) is 15.9 Å². The summed E-state index contributed by atoms with van der Waals surface area (Å²) >= 11 is 0. The average Bonchev–Trinajstić information content (AvgIpc) is 2.54. The van der Waals surface area contributed by atoms with Gasteiger partial charge in [0.1, 0.15) is 11.3 Å². The van der Waals surface area contributed by atoms with E-state index in [0.29, 0.717) is 28.2 Å². The molecule has 4 nitrogen and oxygen atoms in total. The highest BCUT2D eigenvalue weighted by Gasteiger charge is 2.16. The zero-order valence-corrected chi connectivity index (χ0v) is 11.9. The van der Waals surface area contributed by atoms with E-state index in [1.165, 1.54) is 0 Å². The first-order chi connectivity index (χ1) is 10.7. The van der Waals surface area contributed by atoms with E-state index in [1.807, 2.05) is 43.3 Å². The van der Waals surface area contributed by atoms with Crippen molar-refractivity contribution in [1.29, 1.82) is 0 Å². The number of fused-ring (bicyclic) bond motifs is 4. The number of aromatic nitrogens is 2. The van der Waals surface area contributed by atoms with Crippen LogP contribution < -0.4 is 0 Å². The number of hydrogen-bond donors (Lipinski definition) is 1. The fraction of sp³-hybridized carbons (Fsp3) is 0.0556. The van der Waals surface area contributed by atoms with Crippen molar-refractivity contribution in [2.45, 2.75) is 6.92 Å². The van der Waals surface area contributed by atoms with Gasteiger partial charge in [-0.1, -0.05) is 30.3 Å².